The van der Waals surface area contributed by atoms with E-state index in [0.717, 1.165) is 25.3 Å². The van der Waals surface area contributed by atoms with Crippen molar-refractivity contribution in [3.05, 3.63) is 18.2 Å². The van der Waals surface area contributed by atoms with E-state index < -0.39 is 0 Å². The average Bonchev–Trinajstić information content (AvgIpc) is 2.69. The molecule has 0 saturated carbocycles. The first-order valence-electron chi connectivity index (χ1n) is 4.47. The maximum absolute atomic E-state index is 5.44. The minimum absolute atomic E-state index is 0. The van der Waals surface area contributed by atoms with E-state index in [9.17, 15) is 0 Å². The van der Waals surface area contributed by atoms with Gasteiger partial charge in [0.2, 0.25) is 0 Å². The number of rotatable bonds is 5. The van der Waals surface area contributed by atoms with Gasteiger partial charge in [0, 0.05) is 38.6 Å². The Morgan fingerprint density at radius 3 is 2.65 bits per heavy atom. The standard InChI is InChI=1S/C8H16N6.3ClH/c1-10-8(9)13-3-2-11-4-7-5-12-6-14-7;;;/h5-6,11H,2-4H2,1H3,(H,12,14)(H3,9,10,13);3*1H. The number of nitrogens with zero attached hydrogens (tertiary/aromatic N) is 2. The van der Waals surface area contributed by atoms with Gasteiger partial charge in [0.1, 0.15) is 0 Å². The number of aromatic amines is 1. The Morgan fingerprint density at radius 2 is 2.12 bits per heavy atom. The molecule has 0 unspecified atom stereocenters. The molecule has 0 aromatic carbocycles. The Hall–Kier alpha value is -0.690. The SMILES string of the molecule is CN=C(N)NCCNCc1cnc[nH]1.Cl.Cl.Cl. The maximum Gasteiger partial charge on any atom is 0.188 e. The molecular weight excluding hydrogens is 286 g/mol. The number of nitrogens with two attached hydrogens (primary N) is 1. The summed E-state index contributed by atoms with van der Waals surface area (Å²) < 4.78 is 0. The third kappa shape index (κ3) is 10.2. The zero-order valence-electron chi connectivity index (χ0n) is 9.47. The lowest BCUT2D eigenvalue weighted by Crippen LogP contribution is -2.36. The van der Waals surface area contributed by atoms with E-state index in [0.29, 0.717) is 5.96 Å². The third-order valence-electron chi connectivity index (χ3n) is 1.72. The third-order valence-corrected chi connectivity index (χ3v) is 1.72. The summed E-state index contributed by atoms with van der Waals surface area (Å²) >= 11 is 0. The van der Waals surface area contributed by atoms with Gasteiger partial charge in [0.05, 0.1) is 6.33 Å². The fraction of sp³-hybridized carbons (Fsp3) is 0.500. The molecule has 0 saturated heterocycles. The number of imidazole rings is 1. The van der Waals surface area contributed by atoms with Gasteiger partial charge in [-0.15, -0.1) is 37.2 Å². The Bertz CT molecular complexity index is 277. The lowest BCUT2D eigenvalue weighted by molar-refractivity contribution is 0.662. The molecule has 0 spiro atoms. The van der Waals surface area contributed by atoms with E-state index >= 15 is 0 Å². The molecule has 102 valence electrons. The molecule has 0 bridgehead atoms. The minimum Gasteiger partial charge on any atom is -0.370 e. The summed E-state index contributed by atoms with van der Waals surface area (Å²) in [6.45, 7) is 2.37. The van der Waals surface area contributed by atoms with Crippen molar-refractivity contribution in [3.8, 4) is 0 Å². The van der Waals surface area contributed by atoms with Crippen molar-refractivity contribution in [2.75, 3.05) is 20.1 Å². The first-order chi connectivity index (χ1) is 6.83. The van der Waals surface area contributed by atoms with Crippen molar-refractivity contribution >= 4 is 43.2 Å². The van der Waals surface area contributed by atoms with Crippen molar-refractivity contribution in [1.82, 2.24) is 20.6 Å². The summed E-state index contributed by atoms with van der Waals surface area (Å²) in [5.41, 5.74) is 6.52. The normalized spacial score (nSPS) is 9.59. The lowest BCUT2D eigenvalue weighted by atomic mass is 10.4. The molecule has 9 heteroatoms. The van der Waals surface area contributed by atoms with Crippen molar-refractivity contribution in [2.24, 2.45) is 10.7 Å². The fourth-order valence-electron chi connectivity index (χ4n) is 0.962. The molecule has 5 N–H and O–H groups in total. The quantitative estimate of drug-likeness (QED) is 0.358. The molecule has 0 aliphatic rings. The number of aromatic nitrogens is 2. The van der Waals surface area contributed by atoms with Gasteiger partial charge in [-0.25, -0.2) is 4.98 Å². The molecule has 1 heterocycles. The maximum atomic E-state index is 5.44. The summed E-state index contributed by atoms with van der Waals surface area (Å²) in [4.78, 5) is 10.7. The van der Waals surface area contributed by atoms with Gasteiger partial charge in [0.25, 0.3) is 0 Å². The minimum atomic E-state index is 0. The number of hydrogen-bond acceptors (Lipinski definition) is 3. The Morgan fingerprint density at radius 1 is 1.41 bits per heavy atom. The molecule has 0 aliphatic carbocycles. The van der Waals surface area contributed by atoms with E-state index in [1.807, 2.05) is 0 Å². The Balaban J connectivity index is -0.000000653. The van der Waals surface area contributed by atoms with Crippen LogP contribution in [0.3, 0.4) is 0 Å². The fourth-order valence-corrected chi connectivity index (χ4v) is 0.962. The predicted molar refractivity (Wildman–Crippen MR) is 77.6 cm³/mol. The van der Waals surface area contributed by atoms with Gasteiger partial charge < -0.3 is 21.4 Å². The van der Waals surface area contributed by atoms with E-state index in [2.05, 4.69) is 25.6 Å². The molecule has 0 radical (unpaired) electrons. The second-order valence-electron chi connectivity index (χ2n) is 2.79. The van der Waals surface area contributed by atoms with E-state index in [4.69, 9.17) is 5.73 Å². The summed E-state index contributed by atoms with van der Waals surface area (Å²) in [6.07, 6.45) is 3.46. The predicted octanol–water partition coefficient (Wildman–Crippen LogP) is 0.299. The van der Waals surface area contributed by atoms with Gasteiger partial charge in [-0.05, 0) is 0 Å². The van der Waals surface area contributed by atoms with Crippen LogP contribution in [0.1, 0.15) is 5.69 Å². The van der Waals surface area contributed by atoms with E-state index in [1.54, 1.807) is 19.6 Å². The van der Waals surface area contributed by atoms with Crippen molar-refractivity contribution < 1.29 is 0 Å². The van der Waals surface area contributed by atoms with Crippen LogP contribution >= 0.6 is 37.2 Å². The highest BCUT2D eigenvalue weighted by molar-refractivity contribution is 5.86. The van der Waals surface area contributed by atoms with Crippen molar-refractivity contribution in [1.29, 1.82) is 0 Å². The molecular formula is C8H19Cl3N6. The van der Waals surface area contributed by atoms with Crippen LogP contribution in [-0.4, -0.2) is 36.1 Å². The molecule has 6 nitrogen and oxygen atoms in total. The molecule has 1 aromatic heterocycles. The highest BCUT2D eigenvalue weighted by Gasteiger charge is 1.92. The number of guanidine groups is 1. The van der Waals surface area contributed by atoms with Crippen LogP contribution in [0.15, 0.2) is 17.5 Å². The molecule has 0 amide bonds. The molecule has 1 aromatic rings. The lowest BCUT2D eigenvalue weighted by Gasteiger charge is -2.05. The highest BCUT2D eigenvalue weighted by Crippen LogP contribution is 1.87. The number of halogens is 3. The summed E-state index contributed by atoms with van der Waals surface area (Å²) in [5, 5.41) is 6.17. The van der Waals surface area contributed by atoms with E-state index in [-0.39, 0.29) is 37.2 Å². The molecule has 0 aliphatic heterocycles. The second-order valence-corrected chi connectivity index (χ2v) is 2.79. The van der Waals surface area contributed by atoms with E-state index in [1.165, 1.54) is 0 Å². The first-order valence-corrected chi connectivity index (χ1v) is 4.47. The average molecular weight is 306 g/mol. The van der Waals surface area contributed by atoms with Gasteiger partial charge >= 0.3 is 0 Å². The topological polar surface area (TPSA) is 91.1 Å². The summed E-state index contributed by atoms with van der Waals surface area (Å²) in [5.74, 6) is 0.466. The zero-order chi connectivity index (χ0) is 10.2. The van der Waals surface area contributed by atoms with Gasteiger partial charge in [-0.2, -0.15) is 0 Å². The molecule has 0 atom stereocenters. The van der Waals surface area contributed by atoms with Crippen LogP contribution in [0.2, 0.25) is 0 Å². The number of hydrogen-bond donors (Lipinski definition) is 4. The largest absolute Gasteiger partial charge is 0.370 e. The Labute approximate surface area is 119 Å². The van der Waals surface area contributed by atoms with Gasteiger partial charge in [-0.3, -0.25) is 4.99 Å². The van der Waals surface area contributed by atoms with Gasteiger partial charge in [-0.1, -0.05) is 0 Å². The summed E-state index contributed by atoms with van der Waals surface area (Å²) in [7, 11) is 1.65. The van der Waals surface area contributed by atoms with Crippen LogP contribution in [0.4, 0.5) is 0 Å². The van der Waals surface area contributed by atoms with Crippen LogP contribution in [0, 0.1) is 0 Å². The van der Waals surface area contributed by atoms with Crippen LogP contribution in [0.25, 0.3) is 0 Å². The number of aliphatic imine (C=N–C) groups is 1. The zero-order valence-corrected chi connectivity index (χ0v) is 11.9. The number of H-pyrrole nitrogens is 1. The smallest absolute Gasteiger partial charge is 0.188 e. The molecule has 1 rings (SSSR count). The molecule has 17 heavy (non-hydrogen) atoms. The molecule has 0 fully saturated rings. The number of nitrogens with one attached hydrogen (secondary N) is 3. The van der Waals surface area contributed by atoms with Crippen LogP contribution in [0.5, 0.6) is 0 Å². The van der Waals surface area contributed by atoms with Crippen molar-refractivity contribution in [3.63, 3.8) is 0 Å². The monoisotopic (exact) mass is 304 g/mol. The Kier molecular flexibility index (Phi) is 17.0. The van der Waals surface area contributed by atoms with Crippen molar-refractivity contribution in [2.45, 2.75) is 6.54 Å². The van der Waals surface area contributed by atoms with Crippen LogP contribution < -0.4 is 16.4 Å². The second kappa shape index (κ2) is 13.4. The van der Waals surface area contributed by atoms with Gasteiger partial charge in [0.15, 0.2) is 5.96 Å². The van der Waals surface area contributed by atoms with Crippen LogP contribution in [-0.2, 0) is 6.54 Å². The summed E-state index contributed by atoms with van der Waals surface area (Å²) in [6, 6.07) is 0. The first kappa shape index (κ1) is 21.6. The highest BCUT2D eigenvalue weighted by atomic mass is 35.5.